The number of nitrogens with zero attached hydrogens (tertiary/aromatic N) is 2. The molecule has 0 aliphatic heterocycles. The quantitative estimate of drug-likeness (QED) is 0.502. The number of aryl methyl sites for hydroxylation is 1. The average Bonchev–Trinajstić information content (AvgIpc) is 2.20. The van der Waals surface area contributed by atoms with E-state index >= 15 is 0 Å². The molecule has 0 N–H and O–H groups in total. The largest absolute Gasteiger partial charge is 0.594 e. The van der Waals surface area contributed by atoms with Crippen LogP contribution in [-0.2, 0) is 0 Å². The Bertz CT molecular complexity index is 437. The summed E-state index contributed by atoms with van der Waals surface area (Å²) in [6.07, 6.45) is 1.48. The van der Waals surface area contributed by atoms with Gasteiger partial charge < -0.3 is 5.21 Å². The van der Waals surface area contributed by atoms with E-state index in [0.29, 0.717) is 10.5 Å². The Morgan fingerprint density at radius 3 is 2.50 bits per heavy atom. The van der Waals surface area contributed by atoms with Gasteiger partial charge in [-0.3, -0.25) is 0 Å². The molecule has 1 aromatic carbocycles. The van der Waals surface area contributed by atoms with Crippen LogP contribution in [0, 0.1) is 12.1 Å². The van der Waals surface area contributed by atoms with Gasteiger partial charge in [0.25, 0.3) is 5.69 Å². The zero-order valence-corrected chi connectivity index (χ0v) is 7.84. The SMILES string of the molecule is Cc1ccc(-c2cccn[n+]2[O-])cc1. The van der Waals surface area contributed by atoms with E-state index in [0.717, 1.165) is 5.56 Å². The Morgan fingerprint density at radius 1 is 1.14 bits per heavy atom. The molecule has 2 aromatic rings. The van der Waals surface area contributed by atoms with E-state index in [9.17, 15) is 5.21 Å². The Balaban J connectivity index is 2.50. The Labute approximate surface area is 82.2 Å². The van der Waals surface area contributed by atoms with Crippen LogP contribution in [0.5, 0.6) is 0 Å². The normalized spacial score (nSPS) is 10.1. The summed E-state index contributed by atoms with van der Waals surface area (Å²) in [5, 5.41) is 14.9. The van der Waals surface area contributed by atoms with Gasteiger partial charge in [-0.05, 0) is 25.1 Å². The van der Waals surface area contributed by atoms with Crippen molar-refractivity contribution in [2.24, 2.45) is 0 Å². The highest BCUT2D eigenvalue weighted by Crippen LogP contribution is 2.14. The van der Waals surface area contributed by atoms with E-state index in [4.69, 9.17) is 0 Å². The van der Waals surface area contributed by atoms with Gasteiger partial charge in [0.2, 0.25) is 0 Å². The second kappa shape index (κ2) is 3.46. The summed E-state index contributed by atoms with van der Waals surface area (Å²) in [6.45, 7) is 2.01. The van der Waals surface area contributed by atoms with Crippen molar-refractivity contribution in [2.45, 2.75) is 6.92 Å². The van der Waals surface area contributed by atoms with Crippen molar-refractivity contribution < 1.29 is 4.85 Å². The predicted molar refractivity (Wildman–Crippen MR) is 53.4 cm³/mol. The van der Waals surface area contributed by atoms with Crippen molar-refractivity contribution >= 4 is 0 Å². The molecule has 0 radical (unpaired) electrons. The maximum atomic E-state index is 11.3. The molecule has 14 heavy (non-hydrogen) atoms. The average molecular weight is 186 g/mol. The molecule has 3 heteroatoms. The van der Waals surface area contributed by atoms with Crippen LogP contribution in [0.25, 0.3) is 11.3 Å². The van der Waals surface area contributed by atoms with Gasteiger partial charge in [-0.15, -0.1) is 0 Å². The first kappa shape index (κ1) is 8.69. The minimum atomic E-state index is 0.576. The molecule has 0 amide bonds. The minimum Gasteiger partial charge on any atom is -0.594 e. The van der Waals surface area contributed by atoms with Crippen LogP contribution in [0.15, 0.2) is 42.6 Å². The molecular weight excluding hydrogens is 176 g/mol. The molecule has 0 aliphatic rings. The predicted octanol–water partition coefficient (Wildman–Crippen LogP) is 1.69. The van der Waals surface area contributed by atoms with Crippen LogP contribution < -0.4 is 4.85 Å². The molecule has 0 atom stereocenters. The van der Waals surface area contributed by atoms with Gasteiger partial charge in [0.15, 0.2) is 0 Å². The highest BCUT2D eigenvalue weighted by atomic mass is 16.5. The molecule has 1 aromatic heterocycles. The molecule has 0 spiro atoms. The van der Waals surface area contributed by atoms with Gasteiger partial charge in [0, 0.05) is 11.2 Å². The van der Waals surface area contributed by atoms with E-state index in [1.165, 1.54) is 11.8 Å². The Morgan fingerprint density at radius 2 is 1.86 bits per heavy atom. The lowest BCUT2D eigenvalue weighted by Crippen LogP contribution is -2.33. The van der Waals surface area contributed by atoms with Crippen molar-refractivity contribution in [3.05, 3.63) is 53.4 Å². The summed E-state index contributed by atoms with van der Waals surface area (Å²) in [7, 11) is 0. The first-order valence-electron chi connectivity index (χ1n) is 4.39. The molecule has 3 nitrogen and oxygen atoms in total. The topological polar surface area (TPSA) is 39.8 Å². The molecule has 0 aliphatic carbocycles. The fraction of sp³-hybridized carbons (Fsp3) is 0.0909. The molecule has 0 bridgehead atoms. The van der Waals surface area contributed by atoms with Crippen molar-refractivity contribution in [1.29, 1.82) is 0 Å². The zero-order valence-electron chi connectivity index (χ0n) is 7.84. The summed E-state index contributed by atoms with van der Waals surface area (Å²) in [5.74, 6) is 0. The third-order valence-corrected chi connectivity index (χ3v) is 2.07. The maximum Gasteiger partial charge on any atom is 0.252 e. The number of benzene rings is 1. The number of hydrogen-bond acceptors (Lipinski definition) is 2. The second-order valence-electron chi connectivity index (χ2n) is 3.15. The first-order chi connectivity index (χ1) is 6.77. The number of aromatic nitrogens is 2. The van der Waals surface area contributed by atoms with Gasteiger partial charge in [-0.2, -0.15) is 0 Å². The van der Waals surface area contributed by atoms with Crippen LogP contribution in [0.4, 0.5) is 0 Å². The number of hydrogen-bond donors (Lipinski definition) is 0. The van der Waals surface area contributed by atoms with Gasteiger partial charge in [0.1, 0.15) is 0 Å². The lowest BCUT2D eigenvalue weighted by Gasteiger charge is -2.00. The lowest BCUT2D eigenvalue weighted by molar-refractivity contribution is -0.658. The van der Waals surface area contributed by atoms with Crippen molar-refractivity contribution in [3.63, 3.8) is 0 Å². The standard InChI is InChI=1S/C11H10N2O/c1-9-4-6-10(7-5-9)11-3-2-8-12-13(11)14/h2-8H,1H3. The van der Waals surface area contributed by atoms with Crippen LogP contribution in [-0.4, -0.2) is 5.10 Å². The Kier molecular flexibility index (Phi) is 2.14. The van der Waals surface area contributed by atoms with E-state index in [1.54, 1.807) is 12.1 Å². The smallest absolute Gasteiger partial charge is 0.252 e. The van der Waals surface area contributed by atoms with E-state index < -0.39 is 0 Å². The third-order valence-electron chi connectivity index (χ3n) is 2.07. The van der Waals surface area contributed by atoms with Gasteiger partial charge >= 0.3 is 0 Å². The van der Waals surface area contributed by atoms with Gasteiger partial charge in [-0.25, -0.2) is 0 Å². The van der Waals surface area contributed by atoms with Crippen molar-refractivity contribution in [1.82, 2.24) is 5.10 Å². The highest BCUT2D eigenvalue weighted by Gasteiger charge is 2.07. The first-order valence-corrected chi connectivity index (χ1v) is 4.39. The van der Waals surface area contributed by atoms with Gasteiger partial charge in [-0.1, -0.05) is 22.5 Å². The summed E-state index contributed by atoms with van der Waals surface area (Å²) < 4.78 is 0. The highest BCUT2D eigenvalue weighted by molar-refractivity contribution is 5.55. The van der Waals surface area contributed by atoms with Crippen LogP contribution in [0.1, 0.15) is 5.56 Å². The third kappa shape index (κ3) is 1.57. The van der Waals surface area contributed by atoms with Crippen LogP contribution >= 0.6 is 0 Å². The number of rotatable bonds is 1. The van der Waals surface area contributed by atoms with Crippen LogP contribution in [0.3, 0.4) is 0 Å². The Hall–Kier alpha value is -1.90. The van der Waals surface area contributed by atoms with Crippen LogP contribution in [0.2, 0.25) is 0 Å². The molecule has 0 fully saturated rings. The summed E-state index contributed by atoms with van der Waals surface area (Å²) in [5.41, 5.74) is 2.64. The molecule has 1 heterocycles. The van der Waals surface area contributed by atoms with E-state index in [2.05, 4.69) is 5.10 Å². The van der Waals surface area contributed by atoms with Gasteiger partial charge in [0.05, 0.1) is 11.8 Å². The summed E-state index contributed by atoms with van der Waals surface area (Å²) >= 11 is 0. The maximum absolute atomic E-state index is 11.3. The monoisotopic (exact) mass is 186 g/mol. The molecule has 0 saturated carbocycles. The molecule has 0 saturated heterocycles. The minimum absolute atomic E-state index is 0.576. The second-order valence-corrected chi connectivity index (χ2v) is 3.15. The molecule has 2 rings (SSSR count). The zero-order chi connectivity index (χ0) is 9.97. The molecule has 70 valence electrons. The van der Waals surface area contributed by atoms with Crippen molar-refractivity contribution in [3.8, 4) is 11.3 Å². The van der Waals surface area contributed by atoms with E-state index in [1.807, 2.05) is 31.2 Å². The molecule has 0 unspecified atom stereocenters. The fourth-order valence-corrected chi connectivity index (χ4v) is 1.29. The summed E-state index contributed by atoms with van der Waals surface area (Å²) in [4.78, 5) is 0.630. The lowest BCUT2D eigenvalue weighted by atomic mass is 10.1. The van der Waals surface area contributed by atoms with Crippen molar-refractivity contribution in [2.75, 3.05) is 0 Å². The summed E-state index contributed by atoms with van der Waals surface area (Å²) in [6, 6.07) is 11.3. The fourth-order valence-electron chi connectivity index (χ4n) is 1.29. The molecular formula is C11H10N2O. The van der Waals surface area contributed by atoms with E-state index in [-0.39, 0.29) is 0 Å².